The van der Waals surface area contributed by atoms with E-state index in [0.717, 1.165) is 47.8 Å². The number of ether oxygens (including phenoxy) is 3. The Morgan fingerprint density at radius 2 is 2.00 bits per heavy atom. The van der Waals surface area contributed by atoms with Gasteiger partial charge in [-0.2, -0.15) is 0 Å². The molecule has 2 aromatic carbocycles. The molecule has 4 nitrogen and oxygen atoms in total. The zero-order chi connectivity index (χ0) is 17.6. The second kappa shape index (κ2) is 8.70. The maximum absolute atomic E-state index is 6.08. The normalized spacial score (nSPS) is 18.1. The van der Waals surface area contributed by atoms with Crippen molar-refractivity contribution in [2.75, 3.05) is 26.8 Å². The van der Waals surface area contributed by atoms with E-state index in [0.29, 0.717) is 6.61 Å². The van der Waals surface area contributed by atoms with Crippen molar-refractivity contribution in [2.45, 2.75) is 26.2 Å². The minimum Gasteiger partial charge on any atom is -0.493 e. The van der Waals surface area contributed by atoms with Gasteiger partial charge >= 0.3 is 0 Å². The second-order valence-electron chi connectivity index (χ2n) is 6.26. The van der Waals surface area contributed by atoms with Crippen molar-refractivity contribution in [1.29, 1.82) is 0 Å². The summed E-state index contributed by atoms with van der Waals surface area (Å²) < 4.78 is 18.2. The summed E-state index contributed by atoms with van der Waals surface area (Å²) in [5, 5.41) is 0. The number of hydrogen-bond donors (Lipinski definition) is 0. The van der Waals surface area contributed by atoms with Crippen LogP contribution in [0.15, 0.2) is 46.9 Å². The fourth-order valence-corrected chi connectivity index (χ4v) is 3.57. The molecule has 0 N–H and O–H groups in total. The molecule has 3 rings (SSSR count). The molecule has 0 aromatic heterocycles. The van der Waals surface area contributed by atoms with Crippen LogP contribution in [0.25, 0.3) is 0 Å². The van der Waals surface area contributed by atoms with Gasteiger partial charge in [0.05, 0.1) is 24.3 Å². The topological polar surface area (TPSA) is 30.9 Å². The first kappa shape index (κ1) is 18.2. The molecule has 0 aliphatic carbocycles. The maximum atomic E-state index is 6.08. The zero-order valence-electron chi connectivity index (χ0n) is 14.7. The van der Waals surface area contributed by atoms with Crippen LogP contribution in [0.5, 0.6) is 11.5 Å². The van der Waals surface area contributed by atoms with Gasteiger partial charge in [0, 0.05) is 19.6 Å². The van der Waals surface area contributed by atoms with Crippen molar-refractivity contribution in [3.63, 3.8) is 0 Å². The molecule has 0 saturated carbocycles. The van der Waals surface area contributed by atoms with Crippen molar-refractivity contribution in [2.24, 2.45) is 0 Å². The van der Waals surface area contributed by atoms with Crippen LogP contribution in [0.1, 0.15) is 18.1 Å². The Balaban J connectivity index is 1.76. The monoisotopic (exact) mass is 405 g/mol. The van der Waals surface area contributed by atoms with Gasteiger partial charge in [-0.1, -0.05) is 36.4 Å². The number of rotatable bonds is 6. The summed E-state index contributed by atoms with van der Waals surface area (Å²) in [6.45, 7) is 6.16. The highest BCUT2D eigenvalue weighted by molar-refractivity contribution is 9.10. The summed E-state index contributed by atoms with van der Waals surface area (Å²) in [6, 6.07) is 14.2. The molecule has 1 fully saturated rings. The Bertz CT molecular complexity index is 693. The lowest BCUT2D eigenvalue weighted by atomic mass is 10.1. The summed E-state index contributed by atoms with van der Waals surface area (Å²) in [5.41, 5.74) is 2.32. The lowest BCUT2D eigenvalue weighted by molar-refractivity contribution is -0.0212. The quantitative estimate of drug-likeness (QED) is 0.718. The molecule has 0 radical (unpaired) electrons. The van der Waals surface area contributed by atoms with Crippen LogP contribution < -0.4 is 9.47 Å². The van der Waals surface area contributed by atoms with Crippen LogP contribution in [-0.4, -0.2) is 37.8 Å². The minimum atomic E-state index is 0.277. The molecule has 1 saturated heterocycles. The third-order valence-electron chi connectivity index (χ3n) is 4.31. The molecule has 1 aliphatic rings. The molecule has 1 atom stereocenters. The highest BCUT2D eigenvalue weighted by Gasteiger charge is 2.20. The van der Waals surface area contributed by atoms with Gasteiger partial charge in [-0.15, -0.1) is 0 Å². The van der Waals surface area contributed by atoms with Crippen LogP contribution in [0.3, 0.4) is 0 Å². The fourth-order valence-electron chi connectivity index (χ4n) is 3.00. The lowest BCUT2D eigenvalue weighted by Crippen LogP contribution is -2.40. The van der Waals surface area contributed by atoms with E-state index in [1.165, 1.54) is 5.56 Å². The highest BCUT2D eigenvalue weighted by atomic mass is 79.9. The number of methoxy groups -OCH3 is 1. The smallest absolute Gasteiger partial charge is 0.176 e. The average molecular weight is 406 g/mol. The van der Waals surface area contributed by atoms with Gasteiger partial charge < -0.3 is 14.2 Å². The molecule has 0 bridgehead atoms. The van der Waals surface area contributed by atoms with Crippen molar-refractivity contribution in [3.05, 3.63) is 58.1 Å². The summed E-state index contributed by atoms with van der Waals surface area (Å²) in [7, 11) is 1.67. The van der Waals surface area contributed by atoms with E-state index in [-0.39, 0.29) is 6.10 Å². The summed E-state index contributed by atoms with van der Waals surface area (Å²) >= 11 is 3.73. The average Bonchev–Trinajstić information content (AvgIpc) is 2.63. The van der Waals surface area contributed by atoms with Gasteiger partial charge in [0.15, 0.2) is 11.5 Å². The van der Waals surface area contributed by atoms with E-state index in [4.69, 9.17) is 14.2 Å². The first-order chi connectivity index (χ1) is 12.2. The van der Waals surface area contributed by atoms with Gasteiger partial charge in [-0.3, -0.25) is 4.90 Å². The van der Waals surface area contributed by atoms with Gasteiger partial charge in [0.2, 0.25) is 0 Å². The predicted octanol–water partition coefficient (Wildman–Crippen LogP) is 4.26. The molecule has 25 heavy (non-hydrogen) atoms. The number of hydrogen-bond acceptors (Lipinski definition) is 4. The highest BCUT2D eigenvalue weighted by Crippen LogP contribution is 2.39. The van der Waals surface area contributed by atoms with Crippen LogP contribution in [0, 0.1) is 0 Å². The van der Waals surface area contributed by atoms with Crippen LogP contribution in [-0.2, 0) is 17.9 Å². The number of morpholine rings is 1. The standard InChI is InChI=1S/C20H24BrNO3/c1-15-12-22(10-11-24-15)13-17-8-9-18(23-2)20(19(17)21)25-14-16-6-4-3-5-7-16/h3-9,15H,10-14H2,1-2H3. The predicted molar refractivity (Wildman–Crippen MR) is 102 cm³/mol. The van der Waals surface area contributed by atoms with Gasteiger partial charge in [-0.05, 0) is 40.0 Å². The number of halogens is 1. The molecule has 1 heterocycles. The van der Waals surface area contributed by atoms with Crippen molar-refractivity contribution >= 4 is 15.9 Å². The van der Waals surface area contributed by atoms with Crippen molar-refractivity contribution in [1.82, 2.24) is 4.90 Å². The van der Waals surface area contributed by atoms with E-state index in [2.05, 4.69) is 46.0 Å². The minimum absolute atomic E-state index is 0.277. The van der Waals surface area contributed by atoms with Gasteiger partial charge in [-0.25, -0.2) is 0 Å². The molecule has 2 aromatic rings. The first-order valence-electron chi connectivity index (χ1n) is 8.53. The molecular formula is C20H24BrNO3. The Kier molecular flexibility index (Phi) is 6.34. The molecule has 1 aliphatic heterocycles. The Morgan fingerprint density at radius 3 is 2.72 bits per heavy atom. The SMILES string of the molecule is COc1ccc(CN2CCOC(C)C2)c(Br)c1OCc1ccccc1. The van der Waals surface area contributed by atoms with Crippen molar-refractivity contribution in [3.8, 4) is 11.5 Å². The summed E-state index contributed by atoms with van der Waals surface area (Å²) in [5.74, 6) is 1.49. The molecule has 1 unspecified atom stereocenters. The largest absolute Gasteiger partial charge is 0.493 e. The Labute approximate surface area is 157 Å². The van der Waals surface area contributed by atoms with Crippen LogP contribution in [0.2, 0.25) is 0 Å². The Morgan fingerprint density at radius 1 is 1.20 bits per heavy atom. The third kappa shape index (κ3) is 4.75. The molecule has 134 valence electrons. The van der Waals surface area contributed by atoms with Gasteiger partial charge in [0.25, 0.3) is 0 Å². The van der Waals surface area contributed by atoms with E-state index in [1.54, 1.807) is 7.11 Å². The number of nitrogens with zero attached hydrogens (tertiary/aromatic N) is 1. The van der Waals surface area contributed by atoms with E-state index >= 15 is 0 Å². The third-order valence-corrected chi connectivity index (χ3v) is 5.18. The van der Waals surface area contributed by atoms with Crippen LogP contribution in [0.4, 0.5) is 0 Å². The zero-order valence-corrected chi connectivity index (χ0v) is 16.3. The van der Waals surface area contributed by atoms with E-state index < -0.39 is 0 Å². The summed E-state index contributed by atoms with van der Waals surface area (Å²) in [6.07, 6.45) is 0.277. The first-order valence-corrected chi connectivity index (χ1v) is 9.32. The fraction of sp³-hybridized carbons (Fsp3) is 0.400. The molecule has 0 spiro atoms. The second-order valence-corrected chi connectivity index (χ2v) is 7.05. The molecular weight excluding hydrogens is 382 g/mol. The lowest BCUT2D eigenvalue weighted by Gasteiger charge is -2.31. The van der Waals surface area contributed by atoms with Gasteiger partial charge in [0.1, 0.15) is 6.61 Å². The van der Waals surface area contributed by atoms with Crippen molar-refractivity contribution < 1.29 is 14.2 Å². The van der Waals surface area contributed by atoms with Crippen LogP contribution >= 0.6 is 15.9 Å². The van der Waals surface area contributed by atoms with E-state index in [1.807, 2.05) is 24.3 Å². The molecule has 5 heteroatoms. The van der Waals surface area contributed by atoms with E-state index in [9.17, 15) is 0 Å². The maximum Gasteiger partial charge on any atom is 0.176 e. The Hall–Kier alpha value is -1.56. The molecule has 0 amide bonds. The summed E-state index contributed by atoms with van der Waals surface area (Å²) in [4.78, 5) is 2.40. The number of benzene rings is 2.